The highest BCUT2D eigenvalue weighted by Gasteiger charge is 3.03. The van der Waals surface area contributed by atoms with Crippen LogP contribution in [0.2, 0.25) is 10.0 Å². The van der Waals surface area contributed by atoms with Gasteiger partial charge in [-0.05, 0) is 97.1 Å². The van der Waals surface area contributed by atoms with Crippen molar-refractivity contribution in [1.29, 1.82) is 0 Å². The number of carbonyl (C=O) groups excluding carboxylic acids is 2. The van der Waals surface area contributed by atoms with Crippen LogP contribution in [0, 0.1) is 0 Å². The maximum absolute atomic E-state index is 15.5. The molecule has 1 aliphatic rings. The molecule has 0 bridgehead atoms. The topological polar surface area (TPSA) is 52.6 Å². The van der Waals surface area contributed by atoms with E-state index in [1.807, 2.05) is 0 Å². The Morgan fingerprint density at radius 1 is 0.452 bits per heavy atom. The van der Waals surface area contributed by atoms with Crippen LogP contribution in [0.4, 0.5) is 26.3 Å². The van der Waals surface area contributed by atoms with Crippen LogP contribution in [0.5, 0.6) is 11.5 Å². The Morgan fingerprint density at radius 2 is 0.690 bits per heavy atom. The minimum atomic E-state index is -5.66. The van der Waals surface area contributed by atoms with Crippen LogP contribution >= 0.6 is 23.2 Å². The number of carbonyl (C=O) groups is 2. The molecule has 0 aliphatic heterocycles. The maximum Gasteiger partial charge on any atom is 0.395 e. The van der Waals surface area contributed by atoms with Gasteiger partial charge in [0.2, 0.25) is 0 Å². The first-order valence-corrected chi connectivity index (χ1v) is 12.8. The summed E-state index contributed by atoms with van der Waals surface area (Å²) in [5.74, 6) is -23.9. The second-order valence-electron chi connectivity index (χ2n) is 9.26. The van der Waals surface area contributed by atoms with Crippen molar-refractivity contribution < 1.29 is 45.4 Å². The lowest BCUT2D eigenvalue weighted by atomic mass is 9.76. The van der Waals surface area contributed by atoms with Crippen LogP contribution in [0.3, 0.4) is 0 Å². The van der Waals surface area contributed by atoms with Gasteiger partial charge < -0.3 is 9.47 Å². The Hall–Kier alpha value is -4.02. The van der Waals surface area contributed by atoms with Crippen LogP contribution in [0.25, 0.3) is 0 Å². The zero-order chi connectivity index (χ0) is 30.5. The molecule has 0 heterocycles. The third-order valence-electron chi connectivity index (χ3n) is 6.58. The fraction of sp³-hybridized carbons (Fsp3) is 0.133. The lowest BCUT2D eigenvalue weighted by Gasteiger charge is -2.55. The Balaban J connectivity index is 1.37. The van der Waals surface area contributed by atoms with Crippen LogP contribution in [0.1, 0.15) is 31.8 Å². The number of ketones is 2. The Morgan fingerprint density at radius 3 is 0.952 bits per heavy atom. The van der Waals surface area contributed by atoms with Crippen molar-refractivity contribution >= 4 is 34.8 Å². The van der Waals surface area contributed by atoms with E-state index in [1.54, 1.807) is 0 Å². The number of benzene rings is 4. The normalized spacial score (nSPS) is 22.1. The van der Waals surface area contributed by atoms with Crippen LogP contribution in [-0.2, 0) is 0 Å². The first-order valence-electron chi connectivity index (χ1n) is 12.0. The van der Waals surface area contributed by atoms with Gasteiger partial charge in [0.05, 0.1) is 0 Å². The predicted octanol–water partition coefficient (Wildman–Crippen LogP) is 8.53. The van der Waals surface area contributed by atoms with E-state index in [0.29, 0.717) is 10.0 Å². The Bertz CT molecular complexity index is 1520. The van der Waals surface area contributed by atoms with Gasteiger partial charge in [-0.1, -0.05) is 23.2 Å². The molecular weight excluding hydrogens is 609 g/mol. The van der Waals surface area contributed by atoms with E-state index < -0.39 is 46.6 Å². The molecule has 4 aromatic carbocycles. The second-order valence-corrected chi connectivity index (χ2v) is 10.1. The molecule has 216 valence electrons. The highest BCUT2D eigenvalue weighted by molar-refractivity contribution is 6.31. The van der Waals surface area contributed by atoms with E-state index in [1.165, 1.54) is 48.5 Å². The largest absolute Gasteiger partial charge is 0.447 e. The van der Waals surface area contributed by atoms with Crippen molar-refractivity contribution in [3.8, 4) is 11.5 Å². The lowest BCUT2D eigenvalue weighted by molar-refractivity contribution is -0.527. The van der Waals surface area contributed by atoms with Crippen molar-refractivity contribution in [3.63, 3.8) is 0 Å². The average Bonchev–Trinajstić information content (AvgIpc) is 2.97. The van der Waals surface area contributed by atoms with Crippen LogP contribution in [-0.4, -0.2) is 35.1 Å². The molecule has 0 spiro atoms. The summed E-state index contributed by atoms with van der Waals surface area (Å²) in [7, 11) is 0. The van der Waals surface area contributed by atoms with Crippen LogP contribution in [0.15, 0.2) is 97.1 Å². The molecule has 4 nitrogen and oxygen atoms in total. The van der Waals surface area contributed by atoms with Gasteiger partial charge in [0, 0.05) is 32.3 Å². The summed E-state index contributed by atoms with van der Waals surface area (Å²) in [4.78, 5) is 25.2. The third-order valence-corrected chi connectivity index (χ3v) is 7.08. The average molecular weight is 625 g/mol. The number of hydrogen-bond acceptors (Lipinski definition) is 4. The van der Waals surface area contributed by atoms with E-state index in [-0.39, 0.29) is 22.3 Å². The van der Waals surface area contributed by atoms with Gasteiger partial charge >= 0.3 is 23.6 Å². The summed E-state index contributed by atoms with van der Waals surface area (Å²) in [5, 5.41) is 0.752. The number of halogens is 8. The smallest absolute Gasteiger partial charge is 0.395 e. The summed E-state index contributed by atoms with van der Waals surface area (Å²) in [6, 6.07) is 19.2. The van der Waals surface area contributed by atoms with Crippen molar-refractivity contribution in [2.24, 2.45) is 0 Å². The molecule has 1 saturated carbocycles. The molecule has 0 aromatic heterocycles. The van der Waals surface area contributed by atoms with Gasteiger partial charge in [0.25, 0.3) is 0 Å². The number of alkyl halides is 6. The molecule has 0 saturated heterocycles. The minimum Gasteiger partial charge on any atom is -0.447 e. The van der Waals surface area contributed by atoms with Crippen molar-refractivity contribution in [1.82, 2.24) is 0 Å². The molecule has 2 atom stereocenters. The maximum atomic E-state index is 15.5. The standard InChI is InChI=1S/C30H16Cl2F6O4/c31-21-9-1-17(2-10-21)25(39)19-5-13-23(14-6-19)41-29(37)27(33,34)28(35,36)30(29,38)42-24-15-7-20(8-16-24)26(40)18-3-11-22(32)12-4-18/h1-16H. The highest BCUT2D eigenvalue weighted by atomic mass is 35.5. The number of ether oxygens (including phenoxy) is 2. The first kappa shape index (κ1) is 29.5. The summed E-state index contributed by atoms with van der Waals surface area (Å²) in [6.45, 7) is 0. The molecule has 1 fully saturated rings. The second kappa shape index (κ2) is 10.4. The molecule has 2 unspecified atom stereocenters. The molecule has 1 aliphatic carbocycles. The van der Waals surface area contributed by atoms with Gasteiger partial charge in [-0.3, -0.25) is 9.59 Å². The first-order chi connectivity index (χ1) is 19.7. The lowest BCUT2D eigenvalue weighted by Crippen LogP contribution is -2.89. The summed E-state index contributed by atoms with van der Waals surface area (Å²) in [6.07, 6.45) is 0. The molecular formula is C30H16Cl2F6O4. The van der Waals surface area contributed by atoms with Crippen molar-refractivity contribution in [2.75, 3.05) is 0 Å². The van der Waals surface area contributed by atoms with Gasteiger partial charge in [0.1, 0.15) is 11.5 Å². The zero-order valence-electron chi connectivity index (χ0n) is 20.9. The SMILES string of the molecule is O=C(c1ccc(Cl)cc1)c1ccc(OC2(F)C(F)(F)C(F)(F)C2(F)Oc2ccc(C(=O)c3ccc(Cl)cc3)cc2)cc1. The fourth-order valence-electron chi connectivity index (χ4n) is 4.21. The van der Waals surface area contributed by atoms with E-state index in [2.05, 4.69) is 9.47 Å². The molecule has 0 N–H and O–H groups in total. The number of rotatable bonds is 8. The predicted molar refractivity (Wildman–Crippen MR) is 141 cm³/mol. The van der Waals surface area contributed by atoms with E-state index in [0.717, 1.165) is 48.5 Å². The highest BCUT2D eigenvalue weighted by Crippen LogP contribution is 2.68. The Labute approximate surface area is 244 Å². The van der Waals surface area contributed by atoms with Gasteiger partial charge in [-0.2, -0.15) is 26.3 Å². The zero-order valence-corrected chi connectivity index (χ0v) is 22.4. The molecule has 0 radical (unpaired) electrons. The van der Waals surface area contributed by atoms with E-state index in [4.69, 9.17) is 23.2 Å². The van der Waals surface area contributed by atoms with Crippen molar-refractivity contribution in [3.05, 3.63) is 129 Å². The van der Waals surface area contributed by atoms with Gasteiger partial charge in [-0.25, -0.2) is 0 Å². The minimum absolute atomic E-state index is 0.0132. The quantitative estimate of drug-likeness (QED) is 0.146. The number of hydrogen-bond donors (Lipinski definition) is 0. The van der Waals surface area contributed by atoms with E-state index in [9.17, 15) is 27.2 Å². The molecule has 0 amide bonds. The summed E-state index contributed by atoms with van der Waals surface area (Å²) >= 11 is 11.6. The monoisotopic (exact) mass is 624 g/mol. The molecule has 12 heteroatoms. The van der Waals surface area contributed by atoms with Gasteiger partial charge in [-0.15, -0.1) is 0 Å². The van der Waals surface area contributed by atoms with Crippen LogP contribution < -0.4 is 9.47 Å². The third kappa shape index (κ3) is 4.59. The molecule has 42 heavy (non-hydrogen) atoms. The molecule has 4 aromatic rings. The summed E-state index contributed by atoms with van der Waals surface area (Å²) in [5.41, 5.74) is 0.466. The van der Waals surface area contributed by atoms with Gasteiger partial charge in [0.15, 0.2) is 11.6 Å². The molecule has 5 rings (SSSR count). The van der Waals surface area contributed by atoms with Crippen molar-refractivity contribution in [2.45, 2.75) is 23.6 Å². The summed E-state index contributed by atoms with van der Waals surface area (Å²) < 4.78 is 97.6. The van der Waals surface area contributed by atoms with E-state index >= 15 is 8.78 Å². The fourth-order valence-corrected chi connectivity index (χ4v) is 4.47. The Kier molecular flexibility index (Phi) is 7.27.